The lowest BCUT2D eigenvalue weighted by Gasteiger charge is -2.00. The smallest absolute Gasteiger partial charge is 0.227 e. The number of benzene rings is 1. The fourth-order valence-corrected chi connectivity index (χ4v) is 2.04. The van der Waals surface area contributed by atoms with Crippen molar-refractivity contribution in [1.82, 2.24) is 9.97 Å². The second-order valence-corrected chi connectivity index (χ2v) is 6.29. The van der Waals surface area contributed by atoms with Crippen LogP contribution in [0.4, 0.5) is 5.95 Å². The van der Waals surface area contributed by atoms with Gasteiger partial charge in [-0.3, -0.25) is 10.1 Å². The molecular weight excluding hydrogens is 254 g/mol. The number of nitrogens with zero attached hydrogens (tertiary/aromatic N) is 1. The van der Waals surface area contributed by atoms with E-state index in [2.05, 4.69) is 15.3 Å². The molecule has 18 heavy (non-hydrogen) atoms. The van der Waals surface area contributed by atoms with Gasteiger partial charge in [-0.1, -0.05) is 12.1 Å². The van der Waals surface area contributed by atoms with E-state index in [1.807, 2.05) is 24.3 Å². The van der Waals surface area contributed by atoms with Crippen molar-refractivity contribution in [2.45, 2.75) is 6.42 Å². The van der Waals surface area contributed by atoms with Gasteiger partial charge in [-0.2, -0.15) is 0 Å². The Morgan fingerprint density at radius 1 is 1.39 bits per heavy atom. The third-order valence-electron chi connectivity index (χ3n) is 2.35. The summed E-state index contributed by atoms with van der Waals surface area (Å²) in [6.45, 7) is 0. The van der Waals surface area contributed by atoms with Crippen LogP contribution in [0.2, 0.25) is 0 Å². The molecule has 0 spiro atoms. The topological polar surface area (TPSA) is 91.9 Å². The van der Waals surface area contributed by atoms with Gasteiger partial charge < -0.3 is 4.98 Å². The quantitative estimate of drug-likeness (QED) is 0.862. The molecule has 96 valence electrons. The van der Waals surface area contributed by atoms with Crippen molar-refractivity contribution in [3.8, 4) is 0 Å². The SMILES string of the molecule is CS(=O)(=O)CCC(=O)Nc1nc2ccccc2[nH]1. The van der Waals surface area contributed by atoms with E-state index in [1.54, 1.807) is 0 Å². The van der Waals surface area contributed by atoms with Crippen molar-refractivity contribution < 1.29 is 13.2 Å². The van der Waals surface area contributed by atoms with Crippen LogP contribution in [-0.4, -0.2) is 36.3 Å². The second kappa shape index (κ2) is 4.77. The first kappa shape index (κ1) is 12.6. The van der Waals surface area contributed by atoms with Crippen molar-refractivity contribution in [3.05, 3.63) is 24.3 Å². The average Bonchev–Trinajstić information content (AvgIpc) is 2.67. The summed E-state index contributed by atoms with van der Waals surface area (Å²) in [7, 11) is -3.13. The molecule has 2 rings (SSSR count). The zero-order chi connectivity index (χ0) is 13.2. The van der Waals surface area contributed by atoms with E-state index in [-0.39, 0.29) is 18.1 Å². The number of nitrogens with one attached hydrogen (secondary N) is 2. The summed E-state index contributed by atoms with van der Waals surface area (Å²) in [5, 5.41) is 2.53. The molecule has 0 bridgehead atoms. The van der Waals surface area contributed by atoms with Crippen LogP contribution in [-0.2, 0) is 14.6 Å². The predicted molar refractivity (Wildman–Crippen MR) is 69.1 cm³/mol. The number of amides is 1. The molecule has 0 aliphatic heterocycles. The Kier molecular flexibility index (Phi) is 3.33. The number of aromatic amines is 1. The molecule has 1 aromatic heterocycles. The Morgan fingerprint density at radius 3 is 2.78 bits per heavy atom. The van der Waals surface area contributed by atoms with Crippen LogP contribution in [0.3, 0.4) is 0 Å². The van der Waals surface area contributed by atoms with E-state index in [0.717, 1.165) is 17.3 Å². The number of para-hydroxylation sites is 2. The van der Waals surface area contributed by atoms with Crippen LogP contribution in [0, 0.1) is 0 Å². The maximum Gasteiger partial charge on any atom is 0.227 e. The zero-order valence-corrected chi connectivity index (χ0v) is 10.6. The normalized spacial score (nSPS) is 11.6. The van der Waals surface area contributed by atoms with Gasteiger partial charge in [-0.25, -0.2) is 13.4 Å². The van der Waals surface area contributed by atoms with Crippen LogP contribution >= 0.6 is 0 Å². The molecule has 0 atom stereocenters. The van der Waals surface area contributed by atoms with Crippen molar-refractivity contribution in [2.24, 2.45) is 0 Å². The van der Waals surface area contributed by atoms with E-state index in [9.17, 15) is 13.2 Å². The number of fused-ring (bicyclic) bond motifs is 1. The van der Waals surface area contributed by atoms with Crippen LogP contribution in [0.15, 0.2) is 24.3 Å². The van der Waals surface area contributed by atoms with Crippen molar-refractivity contribution in [2.75, 3.05) is 17.3 Å². The number of aromatic nitrogens is 2. The average molecular weight is 267 g/mol. The Bertz CT molecular complexity index is 643. The second-order valence-electron chi connectivity index (χ2n) is 4.03. The molecule has 0 radical (unpaired) electrons. The van der Waals surface area contributed by atoms with Crippen LogP contribution in [0.25, 0.3) is 11.0 Å². The number of sulfone groups is 1. The molecule has 0 saturated heterocycles. The standard InChI is InChI=1S/C11H13N3O3S/c1-18(16,17)7-6-10(15)14-11-12-8-4-2-3-5-9(8)13-11/h2-5H,6-7H2,1H3,(H2,12,13,14,15). The molecular formula is C11H13N3O3S. The minimum absolute atomic E-state index is 0.0735. The van der Waals surface area contributed by atoms with Gasteiger partial charge in [-0.05, 0) is 12.1 Å². The monoisotopic (exact) mass is 267 g/mol. The van der Waals surface area contributed by atoms with Gasteiger partial charge in [-0.15, -0.1) is 0 Å². The predicted octanol–water partition coefficient (Wildman–Crippen LogP) is 0.936. The Hall–Kier alpha value is -1.89. The summed E-state index contributed by atoms with van der Waals surface area (Å²) in [5.41, 5.74) is 1.56. The van der Waals surface area contributed by atoms with Gasteiger partial charge in [0.05, 0.1) is 16.8 Å². The van der Waals surface area contributed by atoms with Crippen LogP contribution < -0.4 is 5.32 Å². The van der Waals surface area contributed by atoms with E-state index >= 15 is 0 Å². The number of rotatable bonds is 4. The summed E-state index contributed by atoms with van der Waals surface area (Å²) in [5.74, 6) is -0.215. The van der Waals surface area contributed by atoms with Crippen molar-refractivity contribution >= 4 is 32.7 Å². The van der Waals surface area contributed by atoms with E-state index in [4.69, 9.17) is 0 Å². The van der Waals surface area contributed by atoms with Gasteiger partial charge in [0.2, 0.25) is 11.9 Å². The summed E-state index contributed by atoms with van der Waals surface area (Å²) in [6, 6.07) is 7.36. The van der Waals surface area contributed by atoms with Crippen molar-refractivity contribution in [1.29, 1.82) is 0 Å². The van der Waals surface area contributed by atoms with Crippen LogP contribution in [0.1, 0.15) is 6.42 Å². The minimum Gasteiger partial charge on any atom is -0.324 e. The molecule has 2 N–H and O–H groups in total. The Labute approximate surface area is 104 Å². The first-order chi connectivity index (χ1) is 8.44. The Balaban J connectivity index is 2.03. The molecule has 0 saturated carbocycles. The van der Waals surface area contributed by atoms with Gasteiger partial charge >= 0.3 is 0 Å². The molecule has 1 amide bonds. The molecule has 0 unspecified atom stereocenters. The highest BCUT2D eigenvalue weighted by molar-refractivity contribution is 7.90. The molecule has 0 fully saturated rings. The lowest BCUT2D eigenvalue weighted by molar-refractivity contribution is -0.115. The number of imidazole rings is 1. The third kappa shape index (κ3) is 3.30. The molecule has 1 heterocycles. The maximum absolute atomic E-state index is 11.5. The first-order valence-corrected chi connectivity index (χ1v) is 7.42. The van der Waals surface area contributed by atoms with Gasteiger partial charge in [0.15, 0.2) is 0 Å². The lowest BCUT2D eigenvalue weighted by atomic mass is 10.3. The first-order valence-electron chi connectivity index (χ1n) is 5.36. The number of hydrogen-bond donors (Lipinski definition) is 2. The van der Waals surface area contributed by atoms with E-state index in [0.29, 0.717) is 5.95 Å². The van der Waals surface area contributed by atoms with E-state index in [1.165, 1.54) is 0 Å². The highest BCUT2D eigenvalue weighted by atomic mass is 32.2. The number of anilines is 1. The molecule has 0 aliphatic rings. The zero-order valence-electron chi connectivity index (χ0n) is 9.80. The number of carbonyl (C=O) groups excluding carboxylic acids is 1. The van der Waals surface area contributed by atoms with Gasteiger partial charge in [0, 0.05) is 12.7 Å². The molecule has 7 heteroatoms. The highest BCUT2D eigenvalue weighted by Crippen LogP contribution is 2.13. The van der Waals surface area contributed by atoms with Crippen molar-refractivity contribution in [3.63, 3.8) is 0 Å². The number of carbonyl (C=O) groups is 1. The van der Waals surface area contributed by atoms with E-state index < -0.39 is 9.84 Å². The minimum atomic E-state index is -3.13. The van der Waals surface area contributed by atoms with Crippen LogP contribution in [0.5, 0.6) is 0 Å². The fourth-order valence-electron chi connectivity index (χ4n) is 1.48. The molecule has 2 aromatic rings. The lowest BCUT2D eigenvalue weighted by Crippen LogP contribution is -2.17. The molecule has 6 nitrogen and oxygen atoms in total. The third-order valence-corrected chi connectivity index (χ3v) is 3.29. The molecule has 0 aliphatic carbocycles. The summed E-state index contributed by atoms with van der Waals surface area (Å²) in [6.07, 6.45) is 1.03. The summed E-state index contributed by atoms with van der Waals surface area (Å²) < 4.78 is 21.9. The number of H-pyrrole nitrogens is 1. The molecule has 1 aromatic carbocycles. The fraction of sp³-hybridized carbons (Fsp3) is 0.273. The summed E-state index contributed by atoms with van der Waals surface area (Å²) >= 11 is 0. The highest BCUT2D eigenvalue weighted by Gasteiger charge is 2.10. The number of hydrogen-bond acceptors (Lipinski definition) is 4. The van der Waals surface area contributed by atoms with Gasteiger partial charge in [0.25, 0.3) is 0 Å². The maximum atomic E-state index is 11.5. The van der Waals surface area contributed by atoms with Gasteiger partial charge in [0.1, 0.15) is 9.84 Å². The Morgan fingerprint density at radius 2 is 2.11 bits per heavy atom. The largest absolute Gasteiger partial charge is 0.324 e. The summed E-state index contributed by atoms with van der Waals surface area (Å²) in [4.78, 5) is 18.6.